The average Bonchev–Trinajstić information content (AvgIpc) is 3.20. The number of nitrogens with zero attached hydrogens (tertiary/aromatic N) is 5. The van der Waals surface area contributed by atoms with Gasteiger partial charge >= 0.3 is 0 Å². The van der Waals surface area contributed by atoms with Crippen LogP contribution in [0.1, 0.15) is 42.3 Å². The Morgan fingerprint density at radius 2 is 1.86 bits per heavy atom. The van der Waals surface area contributed by atoms with Crippen LogP contribution in [0.3, 0.4) is 0 Å². The van der Waals surface area contributed by atoms with Crippen LogP contribution in [0.2, 0.25) is 0 Å². The summed E-state index contributed by atoms with van der Waals surface area (Å²) in [6.07, 6.45) is 3.18. The maximum Gasteiger partial charge on any atom is 0.269 e. The molecule has 0 unspecified atom stereocenters. The number of aromatic nitrogens is 4. The van der Waals surface area contributed by atoms with Crippen molar-refractivity contribution in [3.8, 4) is 17.7 Å². The highest BCUT2D eigenvalue weighted by Gasteiger charge is 2.19. The number of hydrogen-bond donors (Lipinski definition) is 0. The standard InChI is InChI=1S/C29H25N5O2/c1-18(2)21-13-12-19(3)15-25(21)36-28-22(29(35)34-14-8-7-11-26(34)32-28)16-20(17-30)27-31-23-9-5-6-10-24(23)33(27)4/h5-16,18H,1-4H3/b20-16+. The summed E-state index contributed by atoms with van der Waals surface area (Å²) in [5.74, 6) is 1.44. The Morgan fingerprint density at radius 3 is 2.61 bits per heavy atom. The van der Waals surface area contributed by atoms with Crippen molar-refractivity contribution in [3.05, 3.63) is 99.7 Å². The Kier molecular flexibility index (Phi) is 5.87. The molecule has 2 aromatic carbocycles. The van der Waals surface area contributed by atoms with Gasteiger partial charge in [0.2, 0.25) is 5.88 Å². The average molecular weight is 476 g/mol. The minimum Gasteiger partial charge on any atom is -0.438 e. The van der Waals surface area contributed by atoms with Crippen molar-refractivity contribution in [3.63, 3.8) is 0 Å². The highest BCUT2D eigenvalue weighted by molar-refractivity contribution is 5.91. The van der Waals surface area contributed by atoms with Crippen LogP contribution in [0.15, 0.2) is 71.7 Å². The van der Waals surface area contributed by atoms with Crippen LogP contribution in [0.5, 0.6) is 11.6 Å². The second kappa shape index (κ2) is 9.16. The molecule has 7 heteroatoms. The number of imidazole rings is 1. The van der Waals surface area contributed by atoms with Gasteiger partial charge in [0.15, 0.2) is 5.82 Å². The summed E-state index contributed by atoms with van der Waals surface area (Å²) in [5, 5.41) is 10.1. The van der Waals surface area contributed by atoms with Gasteiger partial charge in [-0.1, -0.05) is 44.2 Å². The van der Waals surface area contributed by atoms with E-state index in [2.05, 4.69) is 29.9 Å². The van der Waals surface area contributed by atoms with Crippen molar-refractivity contribution in [1.29, 1.82) is 5.26 Å². The molecule has 0 aliphatic heterocycles. The number of pyridine rings is 1. The molecule has 3 heterocycles. The van der Waals surface area contributed by atoms with Crippen molar-refractivity contribution in [2.45, 2.75) is 26.7 Å². The maximum absolute atomic E-state index is 13.6. The quantitative estimate of drug-likeness (QED) is 0.297. The largest absolute Gasteiger partial charge is 0.438 e. The van der Waals surface area contributed by atoms with Gasteiger partial charge in [0.05, 0.1) is 16.6 Å². The minimum absolute atomic E-state index is 0.144. The van der Waals surface area contributed by atoms with Crippen molar-refractivity contribution < 1.29 is 4.74 Å². The van der Waals surface area contributed by atoms with Crippen LogP contribution < -0.4 is 10.3 Å². The number of aryl methyl sites for hydroxylation is 2. The van der Waals surface area contributed by atoms with Gasteiger partial charge in [-0.15, -0.1) is 0 Å². The molecule has 0 N–H and O–H groups in total. The molecule has 3 aromatic heterocycles. The molecule has 0 saturated heterocycles. The summed E-state index contributed by atoms with van der Waals surface area (Å²) in [6, 6.07) is 21.2. The molecule has 0 bridgehead atoms. The lowest BCUT2D eigenvalue weighted by atomic mass is 10.0. The van der Waals surface area contributed by atoms with Gasteiger partial charge in [-0.3, -0.25) is 9.20 Å². The van der Waals surface area contributed by atoms with E-state index in [4.69, 9.17) is 4.74 Å². The third-order valence-electron chi connectivity index (χ3n) is 6.17. The normalized spacial score (nSPS) is 11.8. The van der Waals surface area contributed by atoms with Crippen LogP contribution >= 0.6 is 0 Å². The van der Waals surface area contributed by atoms with Gasteiger partial charge in [-0.2, -0.15) is 10.2 Å². The van der Waals surface area contributed by atoms with E-state index in [1.54, 1.807) is 18.3 Å². The Hall–Kier alpha value is -4.70. The molecule has 36 heavy (non-hydrogen) atoms. The number of ether oxygens (including phenoxy) is 1. The molecule has 0 atom stereocenters. The second-order valence-electron chi connectivity index (χ2n) is 9.02. The first kappa shape index (κ1) is 23.1. The predicted octanol–water partition coefficient (Wildman–Crippen LogP) is 5.87. The van der Waals surface area contributed by atoms with Crippen molar-refractivity contribution in [1.82, 2.24) is 18.9 Å². The second-order valence-corrected chi connectivity index (χ2v) is 9.02. The zero-order valence-corrected chi connectivity index (χ0v) is 20.6. The first-order valence-corrected chi connectivity index (χ1v) is 11.7. The summed E-state index contributed by atoms with van der Waals surface area (Å²) in [5.41, 5.74) is 4.22. The fraction of sp³-hybridized carbons (Fsp3) is 0.172. The smallest absolute Gasteiger partial charge is 0.269 e. The molecule has 0 fully saturated rings. The number of fused-ring (bicyclic) bond motifs is 2. The van der Waals surface area contributed by atoms with Crippen LogP contribution in [0, 0.1) is 18.3 Å². The number of nitriles is 1. The summed E-state index contributed by atoms with van der Waals surface area (Å²) in [4.78, 5) is 22.9. The van der Waals surface area contributed by atoms with Gasteiger partial charge in [-0.25, -0.2) is 4.98 Å². The van der Waals surface area contributed by atoms with Gasteiger partial charge in [0.25, 0.3) is 5.56 Å². The van der Waals surface area contributed by atoms with Crippen molar-refractivity contribution in [2.24, 2.45) is 7.05 Å². The molecular weight excluding hydrogens is 450 g/mol. The molecule has 178 valence electrons. The van der Waals surface area contributed by atoms with E-state index in [0.29, 0.717) is 17.2 Å². The monoisotopic (exact) mass is 475 g/mol. The van der Waals surface area contributed by atoms with Crippen LogP contribution in [-0.2, 0) is 7.05 Å². The molecule has 5 rings (SSSR count). The lowest BCUT2D eigenvalue weighted by molar-refractivity contribution is 0.452. The molecule has 0 amide bonds. The molecule has 0 spiro atoms. The van der Waals surface area contributed by atoms with Crippen LogP contribution in [0.25, 0.3) is 28.3 Å². The van der Waals surface area contributed by atoms with E-state index in [0.717, 1.165) is 22.2 Å². The fourth-order valence-electron chi connectivity index (χ4n) is 4.27. The first-order valence-electron chi connectivity index (χ1n) is 11.7. The summed E-state index contributed by atoms with van der Waals surface area (Å²) < 4.78 is 9.62. The summed E-state index contributed by atoms with van der Waals surface area (Å²) in [7, 11) is 1.85. The van der Waals surface area contributed by atoms with Crippen LogP contribution in [-0.4, -0.2) is 18.9 Å². The van der Waals surface area contributed by atoms with Crippen molar-refractivity contribution >= 4 is 28.3 Å². The number of allylic oxidation sites excluding steroid dienone is 1. The van der Waals surface area contributed by atoms with E-state index < -0.39 is 0 Å². The Balaban J connectivity index is 1.75. The lowest BCUT2D eigenvalue weighted by Crippen LogP contribution is -2.19. The van der Waals surface area contributed by atoms with E-state index in [1.165, 1.54) is 10.5 Å². The lowest BCUT2D eigenvalue weighted by Gasteiger charge is -2.16. The number of benzene rings is 2. The van der Waals surface area contributed by atoms with Crippen molar-refractivity contribution in [2.75, 3.05) is 0 Å². The first-order chi connectivity index (χ1) is 17.4. The van der Waals surface area contributed by atoms with E-state index in [1.807, 2.05) is 67.1 Å². The topological polar surface area (TPSA) is 85.2 Å². The molecular formula is C29H25N5O2. The highest BCUT2D eigenvalue weighted by atomic mass is 16.5. The molecule has 0 aliphatic rings. The van der Waals surface area contributed by atoms with Gasteiger partial charge in [0.1, 0.15) is 23.0 Å². The third kappa shape index (κ3) is 4.03. The number of hydrogen-bond acceptors (Lipinski definition) is 5. The summed E-state index contributed by atoms with van der Waals surface area (Å²) in [6.45, 7) is 6.15. The molecule has 5 aromatic rings. The van der Waals surface area contributed by atoms with Crippen LogP contribution in [0.4, 0.5) is 0 Å². The Bertz CT molecular complexity index is 1750. The summed E-state index contributed by atoms with van der Waals surface area (Å²) >= 11 is 0. The van der Waals surface area contributed by atoms with E-state index in [9.17, 15) is 10.1 Å². The Morgan fingerprint density at radius 1 is 1.08 bits per heavy atom. The number of rotatable bonds is 5. The zero-order valence-electron chi connectivity index (χ0n) is 20.6. The minimum atomic E-state index is -0.333. The van der Waals surface area contributed by atoms with E-state index >= 15 is 0 Å². The number of para-hydroxylation sites is 2. The molecule has 7 nitrogen and oxygen atoms in total. The fourth-order valence-corrected chi connectivity index (χ4v) is 4.27. The van der Waals surface area contributed by atoms with E-state index in [-0.39, 0.29) is 28.5 Å². The molecule has 0 radical (unpaired) electrons. The zero-order chi connectivity index (χ0) is 25.4. The van der Waals surface area contributed by atoms with Gasteiger partial charge in [0, 0.05) is 13.2 Å². The Labute approximate surface area is 208 Å². The predicted molar refractivity (Wildman–Crippen MR) is 141 cm³/mol. The highest BCUT2D eigenvalue weighted by Crippen LogP contribution is 2.33. The molecule has 0 saturated carbocycles. The third-order valence-corrected chi connectivity index (χ3v) is 6.17. The molecule has 0 aliphatic carbocycles. The van der Waals surface area contributed by atoms with Gasteiger partial charge < -0.3 is 9.30 Å². The van der Waals surface area contributed by atoms with Gasteiger partial charge in [-0.05, 0) is 60.4 Å². The maximum atomic E-state index is 13.6. The SMILES string of the molecule is Cc1ccc(C(C)C)c(Oc2nc3ccccn3c(=O)c2/C=C(\C#N)c2nc3ccccc3n2C)c1.